The molecule has 0 aliphatic rings. The van der Waals surface area contributed by atoms with Crippen LogP contribution in [0.4, 0.5) is 5.69 Å². The highest BCUT2D eigenvalue weighted by atomic mass is 32.2. The molecule has 0 spiro atoms. The van der Waals surface area contributed by atoms with Crippen LogP contribution in [0, 0.1) is 0 Å². The number of nitrogens with one attached hydrogen (secondary N) is 2. The van der Waals surface area contributed by atoms with Gasteiger partial charge in [0.25, 0.3) is 5.91 Å². The van der Waals surface area contributed by atoms with E-state index in [0.29, 0.717) is 0 Å². The van der Waals surface area contributed by atoms with Crippen molar-refractivity contribution in [1.29, 1.82) is 0 Å². The molecule has 0 aromatic heterocycles. The molecule has 0 aliphatic carbocycles. The first-order valence-electron chi connectivity index (χ1n) is 7.84. The number of rotatable bonds is 7. The first kappa shape index (κ1) is 19.5. The lowest BCUT2D eigenvalue weighted by Crippen LogP contribution is -2.31. The minimum absolute atomic E-state index is 0.0295. The van der Waals surface area contributed by atoms with Gasteiger partial charge in [0.1, 0.15) is 0 Å². The molecule has 1 atom stereocenters. The molecular weight excluding hydrogens is 356 g/mol. The molecule has 0 radical (unpaired) electrons. The van der Waals surface area contributed by atoms with Gasteiger partial charge in [-0.25, -0.2) is 13.2 Å². The third kappa shape index (κ3) is 5.89. The molecule has 2 N–H and O–H groups in total. The molecule has 1 amide bonds. The maximum atomic E-state index is 12.2. The predicted molar refractivity (Wildman–Crippen MR) is 98.2 cm³/mol. The summed E-state index contributed by atoms with van der Waals surface area (Å²) in [5.41, 5.74) is 1.05. The smallest absolute Gasteiger partial charge is 0.340 e. The second-order valence-electron chi connectivity index (χ2n) is 5.70. The minimum atomic E-state index is -3.55. The first-order chi connectivity index (χ1) is 12.3. The van der Waals surface area contributed by atoms with Crippen LogP contribution < -0.4 is 10.0 Å². The number of anilines is 1. The molecule has 0 aliphatic heterocycles. The molecular formula is C18H20N2O5S. The predicted octanol–water partition coefficient (Wildman–Crippen LogP) is 2.09. The fourth-order valence-corrected chi connectivity index (χ4v) is 2.84. The van der Waals surface area contributed by atoms with Crippen molar-refractivity contribution in [3.8, 4) is 0 Å². The summed E-state index contributed by atoms with van der Waals surface area (Å²) in [7, 11) is -3.55. The third-order valence-corrected chi connectivity index (χ3v) is 4.04. The summed E-state index contributed by atoms with van der Waals surface area (Å²) < 4.78 is 30.0. The van der Waals surface area contributed by atoms with Crippen molar-refractivity contribution < 1.29 is 22.7 Å². The summed E-state index contributed by atoms with van der Waals surface area (Å²) in [5.74, 6) is -1.25. The first-order valence-corrected chi connectivity index (χ1v) is 9.73. The highest BCUT2D eigenvalue weighted by Gasteiger charge is 2.17. The van der Waals surface area contributed by atoms with Crippen LogP contribution in [0.2, 0.25) is 0 Å². The molecule has 8 heteroatoms. The number of para-hydroxylation sites is 1. The van der Waals surface area contributed by atoms with Crippen LogP contribution in [0.3, 0.4) is 0 Å². The second-order valence-corrected chi connectivity index (χ2v) is 7.44. The van der Waals surface area contributed by atoms with Crippen molar-refractivity contribution in [1.82, 2.24) is 5.32 Å². The van der Waals surface area contributed by atoms with E-state index in [2.05, 4.69) is 10.0 Å². The average molecular weight is 376 g/mol. The quantitative estimate of drug-likeness (QED) is 0.721. The van der Waals surface area contributed by atoms with Gasteiger partial charge in [-0.15, -0.1) is 0 Å². The van der Waals surface area contributed by atoms with Gasteiger partial charge in [-0.05, 0) is 24.6 Å². The molecule has 0 saturated heterocycles. The average Bonchev–Trinajstić information content (AvgIpc) is 2.59. The minimum Gasteiger partial charge on any atom is -0.452 e. The summed E-state index contributed by atoms with van der Waals surface area (Å²) in [6, 6.07) is 15.1. The van der Waals surface area contributed by atoms with Crippen molar-refractivity contribution in [2.75, 3.05) is 17.6 Å². The SMILES string of the molecule is C[C@H](NC(=O)COC(=O)c1ccccc1NS(C)(=O)=O)c1ccccc1. The van der Waals surface area contributed by atoms with Gasteiger partial charge in [-0.3, -0.25) is 9.52 Å². The van der Waals surface area contributed by atoms with Crippen LogP contribution in [0.25, 0.3) is 0 Å². The number of hydrogen-bond acceptors (Lipinski definition) is 5. The van der Waals surface area contributed by atoms with Crippen LogP contribution in [-0.4, -0.2) is 33.2 Å². The Morgan fingerprint density at radius 2 is 1.65 bits per heavy atom. The van der Waals surface area contributed by atoms with E-state index < -0.39 is 28.5 Å². The normalized spacial score (nSPS) is 12.1. The Balaban J connectivity index is 1.95. The lowest BCUT2D eigenvalue weighted by molar-refractivity contribution is -0.124. The third-order valence-electron chi connectivity index (χ3n) is 3.45. The highest BCUT2D eigenvalue weighted by molar-refractivity contribution is 7.92. The highest BCUT2D eigenvalue weighted by Crippen LogP contribution is 2.17. The second kappa shape index (κ2) is 8.48. The molecule has 26 heavy (non-hydrogen) atoms. The van der Waals surface area contributed by atoms with E-state index >= 15 is 0 Å². The monoisotopic (exact) mass is 376 g/mol. The van der Waals surface area contributed by atoms with Crippen molar-refractivity contribution in [2.24, 2.45) is 0 Å². The molecule has 138 valence electrons. The summed E-state index contributed by atoms with van der Waals surface area (Å²) in [6.45, 7) is 1.35. The summed E-state index contributed by atoms with van der Waals surface area (Å²) in [6.07, 6.45) is 0.980. The van der Waals surface area contributed by atoms with Gasteiger partial charge in [0, 0.05) is 0 Å². The van der Waals surface area contributed by atoms with Gasteiger partial charge in [0.2, 0.25) is 10.0 Å². The largest absolute Gasteiger partial charge is 0.452 e. The number of amides is 1. The molecule has 0 unspecified atom stereocenters. The summed E-state index contributed by atoms with van der Waals surface area (Å²) in [5, 5.41) is 2.73. The maximum absolute atomic E-state index is 12.2. The Hall–Kier alpha value is -2.87. The number of carbonyl (C=O) groups excluding carboxylic acids is 2. The van der Waals surface area contributed by atoms with E-state index in [1.165, 1.54) is 12.1 Å². The standard InChI is InChI=1S/C18H20N2O5S/c1-13(14-8-4-3-5-9-14)19-17(21)12-25-18(22)15-10-6-7-11-16(15)20-26(2,23)24/h3-11,13,20H,12H2,1-2H3,(H,19,21)/t13-/m0/s1. The number of esters is 1. The van der Waals surface area contributed by atoms with E-state index in [4.69, 9.17) is 4.74 Å². The molecule has 2 aromatic carbocycles. The molecule has 0 bridgehead atoms. The molecule has 7 nitrogen and oxygen atoms in total. The van der Waals surface area contributed by atoms with Gasteiger partial charge in [0.05, 0.1) is 23.5 Å². The molecule has 0 saturated carbocycles. The molecule has 2 rings (SSSR count). The summed E-state index contributed by atoms with van der Waals surface area (Å²) in [4.78, 5) is 24.2. The van der Waals surface area contributed by atoms with Crippen LogP contribution in [0.5, 0.6) is 0 Å². The van der Waals surface area contributed by atoms with E-state index in [9.17, 15) is 18.0 Å². The fraction of sp³-hybridized carbons (Fsp3) is 0.222. The van der Waals surface area contributed by atoms with Crippen LogP contribution >= 0.6 is 0 Å². The van der Waals surface area contributed by atoms with E-state index in [1.54, 1.807) is 12.1 Å². The van der Waals surface area contributed by atoms with Crippen LogP contribution in [-0.2, 0) is 19.6 Å². The Labute approximate surface area is 152 Å². The van der Waals surface area contributed by atoms with Crippen LogP contribution in [0.15, 0.2) is 54.6 Å². The van der Waals surface area contributed by atoms with Crippen molar-refractivity contribution in [3.05, 3.63) is 65.7 Å². The molecule has 0 fully saturated rings. The van der Waals surface area contributed by atoms with Crippen molar-refractivity contribution in [3.63, 3.8) is 0 Å². The van der Waals surface area contributed by atoms with Gasteiger partial charge in [0.15, 0.2) is 6.61 Å². The Bertz CT molecular complexity index is 881. The number of hydrogen-bond donors (Lipinski definition) is 2. The number of ether oxygens (including phenoxy) is 1. The zero-order valence-corrected chi connectivity index (χ0v) is 15.2. The summed E-state index contributed by atoms with van der Waals surface area (Å²) >= 11 is 0. The van der Waals surface area contributed by atoms with Crippen molar-refractivity contribution >= 4 is 27.6 Å². The number of sulfonamides is 1. The van der Waals surface area contributed by atoms with Gasteiger partial charge < -0.3 is 10.1 Å². The van der Waals surface area contributed by atoms with Crippen molar-refractivity contribution in [2.45, 2.75) is 13.0 Å². The Morgan fingerprint density at radius 1 is 1.04 bits per heavy atom. The zero-order valence-electron chi connectivity index (χ0n) is 14.4. The topological polar surface area (TPSA) is 102 Å². The number of carbonyl (C=O) groups is 2. The Kier molecular flexibility index (Phi) is 6.35. The number of benzene rings is 2. The van der Waals surface area contributed by atoms with E-state index in [-0.39, 0.29) is 17.3 Å². The fourth-order valence-electron chi connectivity index (χ4n) is 2.27. The Morgan fingerprint density at radius 3 is 2.31 bits per heavy atom. The van der Waals surface area contributed by atoms with Crippen LogP contribution in [0.1, 0.15) is 28.9 Å². The zero-order chi connectivity index (χ0) is 19.2. The maximum Gasteiger partial charge on any atom is 0.340 e. The van der Waals surface area contributed by atoms with E-state index in [1.807, 2.05) is 37.3 Å². The molecule has 0 heterocycles. The van der Waals surface area contributed by atoms with Gasteiger partial charge in [-0.2, -0.15) is 0 Å². The lowest BCUT2D eigenvalue weighted by Gasteiger charge is -2.15. The van der Waals surface area contributed by atoms with Gasteiger partial charge in [-0.1, -0.05) is 42.5 Å². The lowest BCUT2D eigenvalue weighted by atomic mass is 10.1. The van der Waals surface area contributed by atoms with Gasteiger partial charge >= 0.3 is 5.97 Å². The molecule has 2 aromatic rings. The van der Waals surface area contributed by atoms with E-state index in [0.717, 1.165) is 11.8 Å².